The van der Waals surface area contributed by atoms with Crippen LogP contribution >= 0.6 is 11.8 Å². The fraction of sp³-hybridized carbons (Fsp3) is 0.172. The molecule has 1 aliphatic heterocycles. The number of para-hydroxylation sites is 1. The van der Waals surface area contributed by atoms with Gasteiger partial charge in [-0.3, -0.25) is 0 Å². The molecule has 0 unspecified atom stereocenters. The third-order valence-corrected chi connectivity index (χ3v) is 6.23. The van der Waals surface area contributed by atoms with E-state index in [0.717, 1.165) is 5.56 Å². The van der Waals surface area contributed by atoms with Gasteiger partial charge in [0.05, 0.1) is 23.8 Å². The van der Waals surface area contributed by atoms with Gasteiger partial charge in [-0.25, -0.2) is 14.2 Å². The summed E-state index contributed by atoms with van der Waals surface area (Å²) < 4.78 is 30.3. The minimum atomic E-state index is -0.637. The lowest BCUT2D eigenvalue weighted by Gasteiger charge is -2.13. The summed E-state index contributed by atoms with van der Waals surface area (Å²) in [6.07, 6.45) is 1.74. The third kappa shape index (κ3) is 6.59. The van der Waals surface area contributed by atoms with Crippen molar-refractivity contribution in [1.82, 2.24) is 0 Å². The number of hydrogen-bond acceptors (Lipinski definition) is 7. The van der Waals surface area contributed by atoms with Gasteiger partial charge in [-0.05, 0) is 67.4 Å². The quantitative estimate of drug-likeness (QED) is 0.307. The van der Waals surface area contributed by atoms with Gasteiger partial charge in [0.2, 0.25) is 0 Å². The third-order valence-electron chi connectivity index (χ3n) is 5.21. The fourth-order valence-corrected chi connectivity index (χ4v) is 4.59. The molecule has 1 aliphatic rings. The highest BCUT2D eigenvalue weighted by Crippen LogP contribution is 2.41. The Kier molecular flexibility index (Phi) is 8.64. The molecule has 0 atom stereocenters. The molecule has 0 fully saturated rings. The van der Waals surface area contributed by atoms with E-state index >= 15 is 0 Å². The number of carbonyl (C=O) groups excluding carboxylic acids is 1. The van der Waals surface area contributed by atoms with Gasteiger partial charge in [-0.2, -0.15) is 0 Å². The summed E-state index contributed by atoms with van der Waals surface area (Å²) in [5.74, 6) is -0.147. The summed E-state index contributed by atoms with van der Waals surface area (Å²) >= 11 is 1.18. The number of halogens is 1. The molecular weight excluding hydrogens is 493 g/mol. The predicted octanol–water partition coefficient (Wildman–Crippen LogP) is 7.00. The fourth-order valence-electron chi connectivity index (χ4n) is 3.55. The second kappa shape index (κ2) is 12.3. The highest BCUT2D eigenvalue weighted by atomic mass is 32.2. The van der Waals surface area contributed by atoms with Crippen LogP contribution in [-0.2, 0) is 16.1 Å². The number of carbonyl (C=O) groups is 1. The van der Waals surface area contributed by atoms with E-state index in [4.69, 9.17) is 14.2 Å². The molecular formula is C29H26FNO5S. The Morgan fingerprint density at radius 3 is 2.51 bits per heavy atom. The summed E-state index contributed by atoms with van der Waals surface area (Å²) in [6.45, 7) is 4.33. The van der Waals surface area contributed by atoms with Crippen LogP contribution in [0, 0.1) is 5.82 Å². The summed E-state index contributed by atoms with van der Waals surface area (Å²) in [5.41, 5.74) is 2.10. The van der Waals surface area contributed by atoms with E-state index in [2.05, 4.69) is 4.99 Å². The summed E-state index contributed by atoms with van der Waals surface area (Å²) in [5, 5.41) is 11.3. The second-order valence-electron chi connectivity index (χ2n) is 7.87. The van der Waals surface area contributed by atoms with E-state index in [1.807, 2.05) is 37.3 Å². The molecule has 37 heavy (non-hydrogen) atoms. The molecule has 1 N–H and O–H groups in total. The van der Waals surface area contributed by atoms with Crippen LogP contribution in [0.5, 0.6) is 11.5 Å². The van der Waals surface area contributed by atoms with Gasteiger partial charge >= 0.3 is 5.97 Å². The maximum absolute atomic E-state index is 13.5. The number of aliphatic imine (C=N–C) groups is 1. The number of aliphatic hydroxyl groups is 1. The van der Waals surface area contributed by atoms with E-state index in [9.17, 15) is 14.3 Å². The van der Waals surface area contributed by atoms with E-state index in [0.29, 0.717) is 39.3 Å². The maximum atomic E-state index is 13.5. The lowest BCUT2D eigenvalue weighted by Crippen LogP contribution is -2.12. The zero-order valence-corrected chi connectivity index (χ0v) is 21.3. The van der Waals surface area contributed by atoms with Crippen molar-refractivity contribution in [2.75, 3.05) is 13.2 Å². The number of nitrogens with zero attached hydrogens (tertiary/aromatic N) is 1. The summed E-state index contributed by atoms with van der Waals surface area (Å²) in [7, 11) is 0. The van der Waals surface area contributed by atoms with Gasteiger partial charge in [0, 0.05) is 0 Å². The Balaban J connectivity index is 1.63. The zero-order chi connectivity index (χ0) is 26.2. The molecule has 190 valence electrons. The molecule has 0 radical (unpaired) electrons. The van der Waals surface area contributed by atoms with Crippen molar-refractivity contribution >= 4 is 34.5 Å². The zero-order valence-electron chi connectivity index (χ0n) is 20.4. The maximum Gasteiger partial charge on any atom is 0.344 e. The van der Waals surface area contributed by atoms with Crippen molar-refractivity contribution in [2.24, 2.45) is 4.99 Å². The molecule has 3 aromatic rings. The van der Waals surface area contributed by atoms with E-state index in [-0.39, 0.29) is 30.4 Å². The molecule has 0 amide bonds. The van der Waals surface area contributed by atoms with Crippen molar-refractivity contribution in [2.45, 2.75) is 20.5 Å². The molecule has 0 saturated carbocycles. The number of benzene rings is 3. The number of aliphatic hydroxyl groups excluding tert-OH is 1. The van der Waals surface area contributed by atoms with Gasteiger partial charge in [0.15, 0.2) is 11.5 Å². The Bertz CT molecular complexity index is 1370. The molecule has 1 heterocycles. The van der Waals surface area contributed by atoms with E-state index in [1.165, 1.54) is 23.9 Å². The van der Waals surface area contributed by atoms with Crippen LogP contribution in [-0.4, -0.2) is 29.3 Å². The summed E-state index contributed by atoms with van der Waals surface area (Å²) in [6, 6.07) is 20.7. The molecule has 0 aliphatic carbocycles. The van der Waals surface area contributed by atoms with Crippen LogP contribution in [0.25, 0.3) is 6.08 Å². The first-order chi connectivity index (χ1) is 18.0. The first-order valence-corrected chi connectivity index (χ1v) is 12.6. The highest BCUT2D eigenvalue weighted by molar-refractivity contribution is 8.18. The standard InChI is InChI=1S/C29H26FNO5S/c1-3-34-24-16-19(13-14-23(24)36-18-20-9-8-10-21(30)15-20)17-25-27(32)26(29(33)35-4-2)28(37-25)31-22-11-6-5-7-12-22/h5-17,32H,3-4,18H2,1-2H3/b25-17-,31-28?. The van der Waals surface area contributed by atoms with Crippen molar-refractivity contribution in [3.05, 3.63) is 106 Å². The van der Waals surface area contributed by atoms with Crippen molar-refractivity contribution in [1.29, 1.82) is 0 Å². The monoisotopic (exact) mass is 519 g/mol. The van der Waals surface area contributed by atoms with Gasteiger partial charge < -0.3 is 19.3 Å². The molecule has 0 spiro atoms. The van der Waals surface area contributed by atoms with Crippen molar-refractivity contribution in [3.63, 3.8) is 0 Å². The SMILES string of the molecule is CCOC(=O)C1=C(O)/C(=C/c2ccc(OCc3cccc(F)c3)c(OCC)c2)SC1=Nc1ccccc1. The molecule has 0 bridgehead atoms. The lowest BCUT2D eigenvalue weighted by atomic mass is 10.1. The molecule has 3 aromatic carbocycles. The Morgan fingerprint density at radius 1 is 0.973 bits per heavy atom. The smallest absolute Gasteiger partial charge is 0.344 e. The van der Waals surface area contributed by atoms with Gasteiger partial charge in [0.25, 0.3) is 0 Å². The largest absolute Gasteiger partial charge is 0.506 e. The van der Waals surface area contributed by atoms with Gasteiger partial charge in [0.1, 0.15) is 28.8 Å². The normalized spacial score (nSPS) is 15.3. The Labute approximate surface area is 219 Å². The summed E-state index contributed by atoms with van der Waals surface area (Å²) in [4.78, 5) is 17.6. The molecule has 4 rings (SSSR count). The number of ether oxygens (including phenoxy) is 3. The first-order valence-electron chi connectivity index (χ1n) is 11.8. The predicted molar refractivity (Wildman–Crippen MR) is 144 cm³/mol. The van der Waals surface area contributed by atoms with Crippen LogP contribution in [0.2, 0.25) is 0 Å². The van der Waals surface area contributed by atoms with Gasteiger partial charge in [-0.15, -0.1) is 0 Å². The minimum Gasteiger partial charge on any atom is -0.506 e. The molecule has 8 heteroatoms. The van der Waals surface area contributed by atoms with Crippen molar-refractivity contribution < 1.29 is 28.5 Å². The van der Waals surface area contributed by atoms with Gasteiger partial charge in [-0.1, -0.05) is 48.2 Å². The van der Waals surface area contributed by atoms with Crippen molar-refractivity contribution in [3.8, 4) is 11.5 Å². The average Bonchev–Trinajstić information content (AvgIpc) is 3.18. The molecule has 0 saturated heterocycles. The number of thioether (sulfide) groups is 1. The van der Waals surface area contributed by atoms with E-state index < -0.39 is 5.97 Å². The highest BCUT2D eigenvalue weighted by Gasteiger charge is 2.33. The first kappa shape index (κ1) is 26.0. The number of rotatable bonds is 9. The van der Waals surface area contributed by atoms with Crippen LogP contribution in [0.15, 0.2) is 94.0 Å². The van der Waals surface area contributed by atoms with E-state index in [1.54, 1.807) is 43.3 Å². The Hall–Kier alpha value is -4.04. The molecule has 0 aromatic heterocycles. The minimum absolute atomic E-state index is 0.0297. The Morgan fingerprint density at radius 2 is 1.78 bits per heavy atom. The number of hydrogen-bond donors (Lipinski definition) is 1. The lowest BCUT2D eigenvalue weighted by molar-refractivity contribution is -0.138. The molecule has 6 nitrogen and oxygen atoms in total. The van der Waals surface area contributed by atoms with Crippen LogP contribution in [0.1, 0.15) is 25.0 Å². The topological polar surface area (TPSA) is 77.4 Å². The second-order valence-corrected chi connectivity index (χ2v) is 8.90. The number of esters is 1. The van der Waals surface area contributed by atoms with Crippen LogP contribution < -0.4 is 9.47 Å². The van der Waals surface area contributed by atoms with Crippen LogP contribution in [0.4, 0.5) is 10.1 Å². The average molecular weight is 520 g/mol. The van der Waals surface area contributed by atoms with Crippen LogP contribution in [0.3, 0.4) is 0 Å².